The normalized spacial score (nSPS) is 10.9. The van der Waals surface area contributed by atoms with Crippen molar-refractivity contribution in [2.75, 3.05) is 0 Å². The van der Waals surface area contributed by atoms with E-state index in [0.29, 0.717) is 5.82 Å². The molecule has 0 aliphatic heterocycles. The summed E-state index contributed by atoms with van der Waals surface area (Å²) in [5.74, 6) is 0.330. The molecule has 2 heterocycles. The standard InChI is InChI=1S/C11H7ClN4O/c12-9-10(13-6-14-11(9)17)16-8-4-2-1-3-7(8)5-15-16/h1-6H,(H,13,14,17). The molecule has 0 atom stereocenters. The summed E-state index contributed by atoms with van der Waals surface area (Å²) in [5, 5.41) is 5.18. The lowest BCUT2D eigenvalue weighted by atomic mass is 10.2. The number of fused-ring (bicyclic) bond motifs is 1. The third-order valence-electron chi connectivity index (χ3n) is 2.46. The van der Waals surface area contributed by atoms with Crippen LogP contribution in [-0.4, -0.2) is 19.7 Å². The van der Waals surface area contributed by atoms with Gasteiger partial charge < -0.3 is 4.98 Å². The Balaban J connectivity index is 2.35. The number of rotatable bonds is 1. The SMILES string of the molecule is O=c1[nH]cnc(-n2ncc3ccccc32)c1Cl. The number of aromatic nitrogens is 4. The summed E-state index contributed by atoms with van der Waals surface area (Å²) >= 11 is 5.92. The first kappa shape index (κ1) is 10.0. The Kier molecular flexibility index (Phi) is 2.19. The summed E-state index contributed by atoms with van der Waals surface area (Å²) in [4.78, 5) is 17.9. The fourth-order valence-electron chi connectivity index (χ4n) is 1.66. The highest BCUT2D eigenvalue weighted by atomic mass is 35.5. The minimum atomic E-state index is -0.378. The van der Waals surface area contributed by atoms with Gasteiger partial charge in [0.1, 0.15) is 0 Å². The molecule has 0 aliphatic carbocycles. The average Bonchev–Trinajstić information content (AvgIpc) is 2.77. The lowest BCUT2D eigenvalue weighted by Gasteiger charge is -2.03. The molecule has 0 fully saturated rings. The van der Waals surface area contributed by atoms with Gasteiger partial charge in [-0.3, -0.25) is 4.79 Å². The van der Waals surface area contributed by atoms with Gasteiger partial charge in [0.2, 0.25) is 0 Å². The van der Waals surface area contributed by atoms with Crippen LogP contribution in [0, 0.1) is 0 Å². The second kappa shape index (κ2) is 3.71. The molecule has 0 spiro atoms. The molecule has 0 aliphatic rings. The Morgan fingerprint density at radius 3 is 3.00 bits per heavy atom. The largest absolute Gasteiger partial charge is 0.312 e. The summed E-state index contributed by atoms with van der Waals surface area (Å²) in [6.07, 6.45) is 3.01. The van der Waals surface area contributed by atoms with Crippen LogP contribution in [0.25, 0.3) is 16.7 Å². The van der Waals surface area contributed by atoms with Crippen LogP contribution < -0.4 is 5.56 Å². The van der Waals surface area contributed by atoms with Crippen LogP contribution in [-0.2, 0) is 0 Å². The molecule has 6 heteroatoms. The second-order valence-electron chi connectivity index (χ2n) is 3.48. The first-order valence-electron chi connectivity index (χ1n) is 4.94. The molecule has 0 unspecified atom stereocenters. The average molecular weight is 247 g/mol. The van der Waals surface area contributed by atoms with Gasteiger partial charge in [0.25, 0.3) is 5.56 Å². The van der Waals surface area contributed by atoms with E-state index in [1.54, 1.807) is 10.9 Å². The Morgan fingerprint density at radius 1 is 1.29 bits per heavy atom. The Labute approximate surface area is 101 Å². The van der Waals surface area contributed by atoms with Gasteiger partial charge >= 0.3 is 0 Å². The van der Waals surface area contributed by atoms with Crippen molar-refractivity contribution in [3.05, 3.63) is 52.2 Å². The number of hydrogen-bond donors (Lipinski definition) is 1. The van der Waals surface area contributed by atoms with Gasteiger partial charge in [-0.2, -0.15) is 5.10 Å². The van der Waals surface area contributed by atoms with Crippen molar-refractivity contribution >= 4 is 22.5 Å². The minimum Gasteiger partial charge on any atom is -0.312 e. The summed E-state index contributed by atoms with van der Waals surface area (Å²) < 4.78 is 1.55. The minimum absolute atomic E-state index is 0.0290. The van der Waals surface area contributed by atoms with Gasteiger partial charge in [0.05, 0.1) is 18.0 Å². The first-order chi connectivity index (χ1) is 8.27. The van der Waals surface area contributed by atoms with Crippen molar-refractivity contribution < 1.29 is 0 Å². The number of halogens is 1. The maximum atomic E-state index is 11.4. The van der Waals surface area contributed by atoms with Crippen molar-refractivity contribution in [1.29, 1.82) is 0 Å². The molecular formula is C11H7ClN4O. The quantitative estimate of drug-likeness (QED) is 0.712. The lowest BCUT2D eigenvalue weighted by Crippen LogP contribution is -2.12. The molecule has 3 aromatic rings. The zero-order valence-electron chi connectivity index (χ0n) is 8.59. The van der Waals surface area contributed by atoms with Crippen LogP contribution in [0.1, 0.15) is 0 Å². The van der Waals surface area contributed by atoms with Crippen molar-refractivity contribution in [1.82, 2.24) is 19.7 Å². The number of hydrogen-bond acceptors (Lipinski definition) is 3. The molecule has 0 bridgehead atoms. The first-order valence-corrected chi connectivity index (χ1v) is 5.31. The van der Waals surface area contributed by atoms with Gasteiger partial charge in [0, 0.05) is 5.39 Å². The van der Waals surface area contributed by atoms with Crippen molar-refractivity contribution in [2.45, 2.75) is 0 Å². The molecule has 17 heavy (non-hydrogen) atoms. The van der Waals surface area contributed by atoms with E-state index in [9.17, 15) is 4.79 Å². The summed E-state index contributed by atoms with van der Waals surface area (Å²) in [6, 6.07) is 7.63. The molecule has 3 rings (SSSR count). The highest BCUT2D eigenvalue weighted by molar-refractivity contribution is 6.32. The zero-order chi connectivity index (χ0) is 11.8. The number of H-pyrrole nitrogens is 1. The van der Waals surface area contributed by atoms with E-state index < -0.39 is 0 Å². The maximum absolute atomic E-state index is 11.4. The topological polar surface area (TPSA) is 63.6 Å². The van der Waals surface area contributed by atoms with E-state index in [4.69, 9.17) is 11.6 Å². The van der Waals surface area contributed by atoms with E-state index in [1.165, 1.54) is 6.33 Å². The Bertz CT molecular complexity index is 746. The van der Waals surface area contributed by atoms with Crippen LogP contribution in [0.4, 0.5) is 0 Å². The van der Waals surface area contributed by atoms with Crippen molar-refractivity contribution in [3.8, 4) is 5.82 Å². The molecule has 1 N–H and O–H groups in total. The molecule has 2 aromatic heterocycles. The lowest BCUT2D eigenvalue weighted by molar-refractivity contribution is 0.861. The number of aromatic amines is 1. The Hall–Kier alpha value is -2.14. The van der Waals surface area contributed by atoms with Crippen LogP contribution in [0.5, 0.6) is 0 Å². The van der Waals surface area contributed by atoms with Crippen LogP contribution in [0.2, 0.25) is 5.02 Å². The van der Waals surface area contributed by atoms with Gasteiger partial charge in [-0.15, -0.1) is 0 Å². The molecule has 1 aromatic carbocycles. The fourth-order valence-corrected chi connectivity index (χ4v) is 1.85. The third-order valence-corrected chi connectivity index (χ3v) is 2.80. The van der Waals surface area contributed by atoms with Gasteiger partial charge in [-0.25, -0.2) is 9.67 Å². The van der Waals surface area contributed by atoms with Gasteiger partial charge in [-0.05, 0) is 6.07 Å². The van der Waals surface area contributed by atoms with Crippen LogP contribution >= 0.6 is 11.6 Å². The van der Waals surface area contributed by atoms with Crippen molar-refractivity contribution in [2.24, 2.45) is 0 Å². The van der Waals surface area contributed by atoms with Crippen LogP contribution in [0.15, 0.2) is 41.6 Å². The molecule has 84 valence electrons. The molecule has 0 radical (unpaired) electrons. The molecule has 0 amide bonds. The van der Waals surface area contributed by atoms with Crippen LogP contribution in [0.3, 0.4) is 0 Å². The molecule has 0 saturated heterocycles. The zero-order valence-corrected chi connectivity index (χ0v) is 9.35. The van der Waals surface area contributed by atoms with Gasteiger partial charge in [0.15, 0.2) is 10.8 Å². The number of para-hydroxylation sites is 1. The van der Waals surface area contributed by atoms with E-state index in [2.05, 4.69) is 15.1 Å². The van der Waals surface area contributed by atoms with E-state index in [0.717, 1.165) is 10.9 Å². The molecular weight excluding hydrogens is 240 g/mol. The molecule has 5 nitrogen and oxygen atoms in total. The summed E-state index contributed by atoms with van der Waals surface area (Å²) in [7, 11) is 0. The maximum Gasteiger partial charge on any atom is 0.271 e. The van der Waals surface area contributed by atoms with E-state index in [1.807, 2.05) is 24.3 Å². The predicted octanol–water partition coefficient (Wildman–Crippen LogP) is 1.76. The number of benzene rings is 1. The summed E-state index contributed by atoms with van der Waals surface area (Å²) in [6.45, 7) is 0. The highest BCUT2D eigenvalue weighted by Gasteiger charge is 2.11. The smallest absolute Gasteiger partial charge is 0.271 e. The Morgan fingerprint density at radius 2 is 2.12 bits per heavy atom. The van der Waals surface area contributed by atoms with E-state index >= 15 is 0 Å². The van der Waals surface area contributed by atoms with Gasteiger partial charge in [-0.1, -0.05) is 29.8 Å². The monoisotopic (exact) mass is 246 g/mol. The predicted molar refractivity (Wildman–Crippen MR) is 64.5 cm³/mol. The number of nitrogens with one attached hydrogen (secondary N) is 1. The van der Waals surface area contributed by atoms with E-state index in [-0.39, 0.29) is 10.6 Å². The second-order valence-corrected chi connectivity index (χ2v) is 3.86. The summed E-state index contributed by atoms with van der Waals surface area (Å²) in [5.41, 5.74) is 0.476. The van der Waals surface area contributed by atoms with Crippen molar-refractivity contribution in [3.63, 3.8) is 0 Å². The molecule has 0 saturated carbocycles. The number of nitrogens with zero attached hydrogens (tertiary/aromatic N) is 3. The third kappa shape index (κ3) is 1.52. The highest BCUT2D eigenvalue weighted by Crippen LogP contribution is 2.19. The fraction of sp³-hybridized carbons (Fsp3) is 0.